The van der Waals surface area contributed by atoms with Gasteiger partial charge in [0, 0.05) is 22.8 Å². The van der Waals surface area contributed by atoms with Crippen molar-refractivity contribution in [3.05, 3.63) is 83.4 Å². The van der Waals surface area contributed by atoms with Crippen molar-refractivity contribution in [1.29, 1.82) is 0 Å². The van der Waals surface area contributed by atoms with E-state index in [1.165, 1.54) is 0 Å². The molecule has 3 aromatic carbocycles. The van der Waals surface area contributed by atoms with Crippen LogP contribution in [0, 0.1) is 5.92 Å². The van der Waals surface area contributed by atoms with Crippen LogP contribution >= 0.6 is 11.6 Å². The highest BCUT2D eigenvalue weighted by Crippen LogP contribution is 2.42. The van der Waals surface area contributed by atoms with E-state index < -0.39 is 12.0 Å². The summed E-state index contributed by atoms with van der Waals surface area (Å²) in [6, 6.07) is 21.2. The Morgan fingerprint density at radius 2 is 1.59 bits per heavy atom. The Labute approximate surface area is 191 Å². The van der Waals surface area contributed by atoms with Crippen LogP contribution in [0.2, 0.25) is 5.02 Å². The SMILES string of the molecule is COc1ccc([C@@H]2[C@H](C(=O)Nc3cccc(Cl)c3)CC(=O)N2c2ccc(OC)cc2)cc1. The molecule has 7 heteroatoms. The Kier molecular flexibility index (Phi) is 6.32. The molecule has 1 heterocycles. The van der Waals surface area contributed by atoms with E-state index in [-0.39, 0.29) is 18.2 Å². The molecule has 1 saturated heterocycles. The van der Waals surface area contributed by atoms with Gasteiger partial charge in [0.05, 0.1) is 26.2 Å². The Morgan fingerprint density at radius 1 is 0.969 bits per heavy atom. The summed E-state index contributed by atoms with van der Waals surface area (Å²) in [4.78, 5) is 28.1. The molecule has 0 aromatic heterocycles. The van der Waals surface area contributed by atoms with Crippen LogP contribution in [0.4, 0.5) is 11.4 Å². The van der Waals surface area contributed by atoms with Crippen LogP contribution < -0.4 is 19.7 Å². The summed E-state index contributed by atoms with van der Waals surface area (Å²) in [6.45, 7) is 0. The lowest BCUT2D eigenvalue weighted by Crippen LogP contribution is -2.32. The van der Waals surface area contributed by atoms with Crippen molar-refractivity contribution in [2.45, 2.75) is 12.5 Å². The number of halogens is 1. The Balaban J connectivity index is 1.70. The molecule has 4 rings (SSSR count). The number of benzene rings is 3. The van der Waals surface area contributed by atoms with Gasteiger partial charge in [-0.25, -0.2) is 0 Å². The molecule has 0 bridgehead atoms. The van der Waals surface area contributed by atoms with Gasteiger partial charge in [0.2, 0.25) is 11.8 Å². The van der Waals surface area contributed by atoms with Gasteiger partial charge < -0.3 is 19.7 Å². The van der Waals surface area contributed by atoms with E-state index in [1.54, 1.807) is 55.5 Å². The molecule has 6 nitrogen and oxygen atoms in total. The van der Waals surface area contributed by atoms with Crippen molar-refractivity contribution in [3.63, 3.8) is 0 Å². The number of carbonyl (C=O) groups excluding carboxylic acids is 2. The summed E-state index contributed by atoms with van der Waals surface area (Å²) in [7, 11) is 3.19. The summed E-state index contributed by atoms with van der Waals surface area (Å²) < 4.78 is 10.5. The fraction of sp³-hybridized carbons (Fsp3) is 0.200. The minimum Gasteiger partial charge on any atom is -0.497 e. The molecule has 2 atom stereocenters. The smallest absolute Gasteiger partial charge is 0.230 e. The van der Waals surface area contributed by atoms with Crippen molar-refractivity contribution in [1.82, 2.24) is 0 Å². The quantitative estimate of drug-likeness (QED) is 0.568. The molecule has 2 amide bonds. The lowest BCUT2D eigenvalue weighted by atomic mass is 9.92. The van der Waals surface area contributed by atoms with E-state index in [1.807, 2.05) is 36.4 Å². The van der Waals surface area contributed by atoms with Crippen molar-refractivity contribution in [2.24, 2.45) is 5.92 Å². The maximum Gasteiger partial charge on any atom is 0.230 e. The summed E-state index contributed by atoms with van der Waals surface area (Å²) in [5.74, 6) is 0.447. The number of ether oxygens (including phenoxy) is 2. The third kappa shape index (κ3) is 4.41. The van der Waals surface area contributed by atoms with E-state index in [0.29, 0.717) is 27.9 Å². The van der Waals surface area contributed by atoms with Gasteiger partial charge in [0.15, 0.2) is 0 Å². The predicted octanol–water partition coefficient (Wildman–Crippen LogP) is 5.09. The van der Waals surface area contributed by atoms with Gasteiger partial charge in [-0.15, -0.1) is 0 Å². The molecule has 0 spiro atoms. The van der Waals surface area contributed by atoms with Crippen LogP contribution in [-0.4, -0.2) is 26.0 Å². The van der Waals surface area contributed by atoms with Crippen LogP contribution in [0.3, 0.4) is 0 Å². The largest absolute Gasteiger partial charge is 0.497 e. The van der Waals surface area contributed by atoms with Gasteiger partial charge in [-0.3, -0.25) is 9.59 Å². The first-order chi connectivity index (χ1) is 15.5. The van der Waals surface area contributed by atoms with Gasteiger partial charge in [-0.2, -0.15) is 0 Å². The van der Waals surface area contributed by atoms with E-state index in [9.17, 15) is 9.59 Å². The molecule has 32 heavy (non-hydrogen) atoms. The number of methoxy groups -OCH3 is 2. The van der Waals surface area contributed by atoms with Crippen molar-refractivity contribution in [3.8, 4) is 11.5 Å². The van der Waals surface area contributed by atoms with E-state index >= 15 is 0 Å². The molecule has 0 saturated carbocycles. The number of carbonyl (C=O) groups is 2. The molecule has 164 valence electrons. The average Bonchev–Trinajstić information content (AvgIpc) is 3.16. The zero-order valence-electron chi connectivity index (χ0n) is 17.7. The van der Waals surface area contributed by atoms with E-state index in [2.05, 4.69) is 5.32 Å². The molecule has 0 aliphatic carbocycles. The van der Waals surface area contributed by atoms with Crippen LogP contribution in [0.5, 0.6) is 11.5 Å². The normalized spacial score (nSPS) is 17.8. The molecule has 3 aromatic rings. The van der Waals surface area contributed by atoms with E-state index in [0.717, 1.165) is 5.56 Å². The van der Waals surface area contributed by atoms with Gasteiger partial charge in [0.25, 0.3) is 0 Å². The maximum atomic E-state index is 13.3. The molecular weight excluding hydrogens is 428 g/mol. The Hall–Kier alpha value is -3.51. The summed E-state index contributed by atoms with van der Waals surface area (Å²) in [5.41, 5.74) is 2.14. The highest BCUT2D eigenvalue weighted by Gasteiger charge is 2.45. The van der Waals surface area contributed by atoms with Gasteiger partial charge in [-0.1, -0.05) is 29.8 Å². The first kappa shape index (κ1) is 21.7. The number of rotatable bonds is 6. The molecule has 1 aliphatic heterocycles. The first-order valence-electron chi connectivity index (χ1n) is 10.2. The number of hydrogen-bond acceptors (Lipinski definition) is 4. The second-order valence-electron chi connectivity index (χ2n) is 7.49. The van der Waals surface area contributed by atoms with Gasteiger partial charge in [0.1, 0.15) is 11.5 Å². The van der Waals surface area contributed by atoms with Crippen molar-refractivity contribution < 1.29 is 19.1 Å². The van der Waals surface area contributed by atoms with Crippen molar-refractivity contribution in [2.75, 3.05) is 24.4 Å². The Bertz CT molecular complexity index is 1120. The zero-order chi connectivity index (χ0) is 22.7. The van der Waals surface area contributed by atoms with Crippen molar-refractivity contribution >= 4 is 34.8 Å². The van der Waals surface area contributed by atoms with E-state index in [4.69, 9.17) is 21.1 Å². The van der Waals surface area contributed by atoms with Gasteiger partial charge in [-0.05, 0) is 60.2 Å². The zero-order valence-corrected chi connectivity index (χ0v) is 18.5. The molecule has 1 aliphatic rings. The number of anilines is 2. The summed E-state index contributed by atoms with van der Waals surface area (Å²) in [6.07, 6.45) is 0.0924. The molecular formula is C25H23ClN2O4. The third-order valence-corrected chi connectivity index (χ3v) is 5.79. The minimum atomic E-state index is -0.586. The topological polar surface area (TPSA) is 67.9 Å². The van der Waals surface area contributed by atoms with Crippen LogP contribution in [-0.2, 0) is 9.59 Å². The maximum absolute atomic E-state index is 13.3. The lowest BCUT2D eigenvalue weighted by Gasteiger charge is -2.28. The van der Waals surface area contributed by atoms with Crippen LogP contribution in [0.1, 0.15) is 18.0 Å². The second-order valence-corrected chi connectivity index (χ2v) is 7.93. The third-order valence-electron chi connectivity index (χ3n) is 5.56. The highest BCUT2D eigenvalue weighted by molar-refractivity contribution is 6.30. The van der Waals surface area contributed by atoms with Gasteiger partial charge >= 0.3 is 0 Å². The Morgan fingerprint density at radius 3 is 2.19 bits per heavy atom. The average molecular weight is 451 g/mol. The standard InChI is InChI=1S/C25H23ClN2O4/c1-31-20-10-6-16(7-11-20)24-22(25(30)27-18-5-3-4-17(26)14-18)15-23(29)28(24)19-8-12-21(32-2)13-9-19/h3-14,22,24H,15H2,1-2H3,(H,27,30)/t22-,24-/m1/s1. The molecule has 0 unspecified atom stereocenters. The highest BCUT2D eigenvalue weighted by atomic mass is 35.5. The summed E-state index contributed by atoms with van der Waals surface area (Å²) in [5, 5.41) is 3.44. The number of nitrogens with zero attached hydrogens (tertiary/aromatic N) is 1. The molecule has 1 N–H and O–H groups in total. The fourth-order valence-electron chi connectivity index (χ4n) is 4.00. The number of amides is 2. The second kappa shape index (κ2) is 9.32. The summed E-state index contributed by atoms with van der Waals surface area (Å²) >= 11 is 6.06. The minimum absolute atomic E-state index is 0.0924. The number of nitrogens with one attached hydrogen (secondary N) is 1. The number of hydrogen-bond donors (Lipinski definition) is 1. The van der Waals surface area contributed by atoms with Crippen LogP contribution in [0.25, 0.3) is 0 Å². The van der Waals surface area contributed by atoms with Crippen LogP contribution in [0.15, 0.2) is 72.8 Å². The molecule has 0 radical (unpaired) electrons. The molecule has 1 fully saturated rings. The first-order valence-corrected chi connectivity index (χ1v) is 10.5. The predicted molar refractivity (Wildman–Crippen MR) is 124 cm³/mol. The lowest BCUT2D eigenvalue weighted by molar-refractivity contribution is -0.122. The fourth-order valence-corrected chi connectivity index (χ4v) is 4.19. The monoisotopic (exact) mass is 450 g/mol.